The summed E-state index contributed by atoms with van der Waals surface area (Å²) in [7, 11) is 1.66. The van der Waals surface area contributed by atoms with Crippen LogP contribution in [0.25, 0.3) is 0 Å². The van der Waals surface area contributed by atoms with E-state index in [1.54, 1.807) is 13.1 Å². The first-order chi connectivity index (χ1) is 9.62. The molecule has 2 rings (SSSR count). The van der Waals surface area contributed by atoms with Crippen LogP contribution < -0.4 is 15.4 Å². The van der Waals surface area contributed by atoms with E-state index in [0.29, 0.717) is 17.6 Å². The Kier molecular flexibility index (Phi) is 4.52. The van der Waals surface area contributed by atoms with Crippen LogP contribution in [0.4, 0.5) is 22.0 Å². The molecule has 1 aromatic carbocycles. The fraction of sp³-hybridized carbons (Fsp3) is 0.250. The highest BCUT2D eigenvalue weighted by atomic mass is 35.5. The van der Waals surface area contributed by atoms with Gasteiger partial charge in [0.2, 0.25) is 11.9 Å². The van der Waals surface area contributed by atoms with Crippen LogP contribution in [0, 0.1) is 5.82 Å². The Morgan fingerprint density at radius 2 is 2.00 bits per heavy atom. The van der Waals surface area contributed by atoms with Gasteiger partial charge in [-0.1, -0.05) is 11.6 Å². The van der Waals surface area contributed by atoms with Crippen LogP contribution in [0.5, 0.6) is 6.01 Å². The lowest BCUT2D eigenvalue weighted by atomic mass is 10.3. The van der Waals surface area contributed by atoms with E-state index < -0.39 is 5.82 Å². The fourth-order valence-corrected chi connectivity index (χ4v) is 1.59. The number of halogens is 2. The van der Waals surface area contributed by atoms with Gasteiger partial charge in [0.1, 0.15) is 5.82 Å². The maximum atomic E-state index is 13.7. The number of benzene rings is 1. The molecular formula is C12H13ClFN5O. The number of anilines is 3. The van der Waals surface area contributed by atoms with Gasteiger partial charge in [-0.2, -0.15) is 15.0 Å². The molecule has 2 aromatic rings. The Morgan fingerprint density at radius 3 is 2.65 bits per heavy atom. The second kappa shape index (κ2) is 6.33. The number of nitrogens with zero attached hydrogens (tertiary/aromatic N) is 3. The maximum absolute atomic E-state index is 13.7. The average Bonchev–Trinajstić information content (AvgIpc) is 2.42. The zero-order valence-electron chi connectivity index (χ0n) is 10.9. The van der Waals surface area contributed by atoms with Gasteiger partial charge < -0.3 is 15.4 Å². The minimum atomic E-state index is -0.498. The lowest BCUT2D eigenvalue weighted by Gasteiger charge is -2.09. The van der Waals surface area contributed by atoms with Crippen LogP contribution in [0.1, 0.15) is 6.92 Å². The SMILES string of the molecule is CCOc1nc(NC)nc(Nc2ccc(Cl)cc2F)n1. The van der Waals surface area contributed by atoms with Gasteiger partial charge in [-0.05, 0) is 25.1 Å². The summed E-state index contributed by atoms with van der Waals surface area (Å²) in [4.78, 5) is 12.1. The molecule has 0 radical (unpaired) electrons. The van der Waals surface area contributed by atoms with E-state index in [0.717, 1.165) is 0 Å². The number of aromatic nitrogens is 3. The standard InChI is InChI=1S/C12H13ClFN5O/c1-3-20-12-18-10(15-2)17-11(19-12)16-9-5-4-7(13)6-8(9)14/h4-6H,3H2,1-2H3,(H2,15,16,17,18,19). The fourth-order valence-electron chi connectivity index (χ4n) is 1.43. The van der Waals surface area contributed by atoms with Gasteiger partial charge in [0.25, 0.3) is 0 Å². The summed E-state index contributed by atoms with van der Waals surface area (Å²) in [6, 6.07) is 4.43. The zero-order chi connectivity index (χ0) is 14.5. The van der Waals surface area contributed by atoms with E-state index in [9.17, 15) is 4.39 Å². The highest BCUT2D eigenvalue weighted by Crippen LogP contribution is 2.22. The summed E-state index contributed by atoms with van der Waals surface area (Å²) >= 11 is 5.70. The molecule has 0 bridgehead atoms. The molecule has 0 saturated carbocycles. The van der Waals surface area contributed by atoms with E-state index in [-0.39, 0.29) is 17.6 Å². The van der Waals surface area contributed by atoms with Crippen LogP contribution in [0.15, 0.2) is 18.2 Å². The third-order valence-corrected chi connectivity index (χ3v) is 2.52. The number of hydrogen-bond acceptors (Lipinski definition) is 6. The highest BCUT2D eigenvalue weighted by molar-refractivity contribution is 6.30. The molecule has 0 aliphatic rings. The van der Waals surface area contributed by atoms with Crippen molar-refractivity contribution in [3.8, 4) is 6.01 Å². The number of rotatable bonds is 5. The van der Waals surface area contributed by atoms with Crippen molar-refractivity contribution in [2.75, 3.05) is 24.3 Å². The summed E-state index contributed by atoms with van der Waals surface area (Å²) < 4.78 is 18.9. The van der Waals surface area contributed by atoms with E-state index in [4.69, 9.17) is 16.3 Å². The third kappa shape index (κ3) is 3.45. The van der Waals surface area contributed by atoms with E-state index in [2.05, 4.69) is 25.6 Å². The normalized spacial score (nSPS) is 10.2. The van der Waals surface area contributed by atoms with Crippen LogP contribution in [0.2, 0.25) is 5.02 Å². The summed E-state index contributed by atoms with van der Waals surface area (Å²) in [6.07, 6.45) is 0. The summed E-state index contributed by atoms with van der Waals surface area (Å²) in [5, 5.41) is 5.85. The maximum Gasteiger partial charge on any atom is 0.323 e. The van der Waals surface area contributed by atoms with Crippen molar-refractivity contribution in [3.63, 3.8) is 0 Å². The molecule has 0 amide bonds. The Morgan fingerprint density at radius 1 is 1.25 bits per heavy atom. The van der Waals surface area contributed by atoms with Crippen LogP contribution in [-0.4, -0.2) is 28.6 Å². The molecule has 0 aliphatic carbocycles. The summed E-state index contributed by atoms with van der Waals surface area (Å²) in [5.74, 6) is -0.00350. The minimum absolute atomic E-state index is 0.156. The first-order valence-electron chi connectivity index (χ1n) is 5.91. The van der Waals surface area contributed by atoms with Crippen molar-refractivity contribution in [1.82, 2.24) is 15.0 Å². The Bertz CT molecular complexity index is 610. The molecule has 1 aromatic heterocycles. The Balaban J connectivity index is 2.29. The molecule has 6 nitrogen and oxygen atoms in total. The summed E-state index contributed by atoms with van der Waals surface area (Å²) in [5.41, 5.74) is 0.213. The smallest absolute Gasteiger partial charge is 0.323 e. The van der Waals surface area contributed by atoms with Crippen molar-refractivity contribution in [1.29, 1.82) is 0 Å². The van der Waals surface area contributed by atoms with Crippen molar-refractivity contribution >= 4 is 29.2 Å². The van der Waals surface area contributed by atoms with Gasteiger partial charge in [0.05, 0.1) is 12.3 Å². The minimum Gasteiger partial charge on any atom is -0.464 e. The molecule has 1 heterocycles. The summed E-state index contributed by atoms with van der Waals surface area (Å²) in [6.45, 7) is 2.23. The van der Waals surface area contributed by atoms with Crippen LogP contribution in [-0.2, 0) is 0 Å². The van der Waals surface area contributed by atoms with Crippen LogP contribution in [0.3, 0.4) is 0 Å². The molecule has 106 valence electrons. The molecule has 2 N–H and O–H groups in total. The first-order valence-corrected chi connectivity index (χ1v) is 6.29. The second-order valence-corrected chi connectivity index (χ2v) is 4.13. The van der Waals surface area contributed by atoms with Crippen molar-refractivity contribution in [2.45, 2.75) is 6.92 Å². The van der Waals surface area contributed by atoms with Gasteiger partial charge in [-0.25, -0.2) is 4.39 Å². The largest absolute Gasteiger partial charge is 0.464 e. The lowest BCUT2D eigenvalue weighted by Crippen LogP contribution is -2.07. The van der Waals surface area contributed by atoms with Gasteiger partial charge >= 0.3 is 6.01 Å². The lowest BCUT2D eigenvalue weighted by molar-refractivity contribution is 0.312. The molecule has 0 fully saturated rings. The van der Waals surface area contributed by atoms with Gasteiger partial charge in [0, 0.05) is 12.1 Å². The van der Waals surface area contributed by atoms with Gasteiger partial charge in [-0.3, -0.25) is 0 Å². The van der Waals surface area contributed by atoms with Crippen molar-refractivity contribution < 1.29 is 9.13 Å². The number of ether oxygens (including phenoxy) is 1. The molecule has 0 atom stereocenters. The molecular weight excluding hydrogens is 285 g/mol. The second-order valence-electron chi connectivity index (χ2n) is 3.70. The Labute approximate surface area is 120 Å². The first kappa shape index (κ1) is 14.3. The molecule has 20 heavy (non-hydrogen) atoms. The number of nitrogens with one attached hydrogen (secondary N) is 2. The van der Waals surface area contributed by atoms with Gasteiger partial charge in [-0.15, -0.1) is 0 Å². The third-order valence-electron chi connectivity index (χ3n) is 2.29. The molecule has 0 aliphatic heterocycles. The molecule has 0 unspecified atom stereocenters. The Hall–Kier alpha value is -2.15. The predicted octanol–water partition coefficient (Wildman–Crippen LogP) is 2.85. The molecule has 8 heteroatoms. The van der Waals surface area contributed by atoms with Crippen molar-refractivity contribution in [2.24, 2.45) is 0 Å². The molecule has 0 saturated heterocycles. The van der Waals surface area contributed by atoms with E-state index >= 15 is 0 Å². The molecule has 0 spiro atoms. The average molecular weight is 298 g/mol. The highest BCUT2D eigenvalue weighted by Gasteiger charge is 2.09. The predicted molar refractivity (Wildman–Crippen MR) is 75.2 cm³/mol. The van der Waals surface area contributed by atoms with Crippen LogP contribution >= 0.6 is 11.6 Å². The quantitative estimate of drug-likeness (QED) is 0.884. The monoisotopic (exact) mass is 297 g/mol. The zero-order valence-corrected chi connectivity index (χ0v) is 11.7. The van der Waals surface area contributed by atoms with Gasteiger partial charge in [0.15, 0.2) is 0 Å². The van der Waals surface area contributed by atoms with E-state index in [1.807, 2.05) is 6.92 Å². The topological polar surface area (TPSA) is 72.0 Å². The number of hydrogen-bond donors (Lipinski definition) is 2. The van der Waals surface area contributed by atoms with E-state index in [1.165, 1.54) is 12.1 Å². The van der Waals surface area contributed by atoms with Crippen molar-refractivity contribution in [3.05, 3.63) is 29.0 Å².